The Morgan fingerprint density at radius 1 is 0.944 bits per heavy atom. The molecule has 4 N–H and O–H groups in total. The van der Waals surface area contributed by atoms with Crippen molar-refractivity contribution in [2.75, 3.05) is 37.1 Å². The first-order chi connectivity index (χ1) is 8.52. The van der Waals surface area contributed by atoms with Crippen LogP contribution in [-0.4, -0.2) is 71.3 Å². The van der Waals surface area contributed by atoms with E-state index >= 15 is 0 Å². The number of carboxylic acid groups (broad SMARTS) is 2. The summed E-state index contributed by atoms with van der Waals surface area (Å²) in [6.07, 6.45) is 3.68. The molecule has 0 amide bonds. The lowest BCUT2D eigenvalue weighted by Crippen LogP contribution is -2.46. The number of carbonyl (C=O) groups is 2. The predicted molar refractivity (Wildman–Crippen MR) is 75.6 cm³/mol. The molecule has 0 aliphatic heterocycles. The van der Waals surface area contributed by atoms with Gasteiger partial charge in [0.2, 0.25) is 0 Å². The normalized spacial score (nSPS) is 14.1. The van der Waals surface area contributed by atoms with E-state index in [9.17, 15) is 9.59 Å². The van der Waals surface area contributed by atoms with Gasteiger partial charge in [0, 0.05) is 24.6 Å². The fraction of sp³-hybridized carbons (Fsp3) is 0.800. The van der Waals surface area contributed by atoms with Crippen LogP contribution in [0.25, 0.3) is 0 Å². The molecule has 0 saturated carbocycles. The fourth-order valence-electron chi connectivity index (χ4n) is 1.26. The first-order valence-corrected chi connectivity index (χ1v) is 8.22. The van der Waals surface area contributed by atoms with Gasteiger partial charge in [-0.2, -0.15) is 23.5 Å². The Labute approximate surface area is 115 Å². The number of aliphatic carboxylic acids is 2. The third kappa shape index (κ3) is 7.80. The zero-order chi connectivity index (χ0) is 14.0. The van der Waals surface area contributed by atoms with E-state index in [2.05, 4.69) is 10.6 Å². The standard InChI is InChI=1S/C10H20N2O4S2/c1-17-5-7(9(13)14)11-3-4-12-8(6-18-2)10(15)16/h7-8,11-12H,3-6H2,1-2H3,(H,13,14)(H,15,16). The summed E-state index contributed by atoms with van der Waals surface area (Å²) in [5.41, 5.74) is 0. The number of nitrogens with one attached hydrogen (secondary N) is 2. The summed E-state index contributed by atoms with van der Waals surface area (Å²) < 4.78 is 0. The van der Waals surface area contributed by atoms with Crippen LogP contribution in [0.5, 0.6) is 0 Å². The van der Waals surface area contributed by atoms with Gasteiger partial charge in [-0.1, -0.05) is 0 Å². The van der Waals surface area contributed by atoms with Gasteiger partial charge < -0.3 is 20.8 Å². The van der Waals surface area contributed by atoms with Gasteiger partial charge in [-0.05, 0) is 12.5 Å². The maximum absolute atomic E-state index is 10.8. The molecule has 0 rings (SSSR count). The number of thioether (sulfide) groups is 2. The first kappa shape index (κ1) is 17.6. The van der Waals surface area contributed by atoms with E-state index in [-0.39, 0.29) is 0 Å². The van der Waals surface area contributed by atoms with Crippen molar-refractivity contribution in [3.63, 3.8) is 0 Å². The molecule has 8 heteroatoms. The van der Waals surface area contributed by atoms with Crippen molar-refractivity contribution >= 4 is 35.5 Å². The van der Waals surface area contributed by atoms with E-state index in [1.807, 2.05) is 12.5 Å². The molecule has 0 bridgehead atoms. The molecule has 0 aromatic rings. The minimum Gasteiger partial charge on any atom is -0.480 e. The molecule has 0 saturated heterocycles. The van der Waals surface area contributed by atoms with Crippen LogP contribution in [-0.2, 0) is 9.59 Å². The van der Waals surface area contributed by atoms with Gasteiger partial charge in [-0.3, -0.25) is 9.59 Å². The van der Waals surface area contributed by atoms with Crippen LogP contribution in [0.1, 0.15) is 0 Å². The summed E-state index contributed by atoms with van der Waals surface area (Å²) in [4.78, 5) is 21.7. The van der Waals surface area contributed by atoms with Gasteiger partial charge in [-0.15, -0.1) is 0 Å². The van der Waals surface area contributed by atoms with Crippen molar-refractivity contribution in [3.05, 3.63) is 0 Å². The molecule has 2 unspecified atom stereocenters. The van der Waals surface area contributed by atoms with Crippen molar-refractivity contribution in [3.8, 4) is 0 Å². The van der Waals surface area contributed by atoms with Gasteiger partial charge in [0.05, 0.1) is 0 Å². The summed E-state index contributed by atoms with van der Waals surface area (Å²) in [5, 5.41) is 23.5. The number of hydrogen-bond donors (Lipinski definition) is 4. The van der Waals surface area contributed by atoms with E-state index in [1.54, 1.807) is 0 Å². The minimum absolute atomic E-state index is 0.426. The number of hydrogen-bond acceptors (Lipinski definition) is 6. The lowest BCUT2D eigenvalue weighted by atomic mass is 10.3. The molecule has 0 aliphatic rings. The van der Waals surface area contributed by atoms with Crippen LogP contribution in [0.4, 0.5) is 0 Å². The smallest absolute Gasteiger partial charge is 0.321 e. The second kappa shape index (κ2) is 10.5. The Morgan fingerprint density at radius 2 is 1.28 bits per heavy atom. The third-order valence-corrected chi connectivity index (χ3v) is 3.50. The fourth-order valence-corrected chi connectivity index (χ4v) is 2.45. The highest BCUT2D eigenvalue weighted by molar-refractivity contribution is 7.98. The largest absolute Gasteiger partial charge is 0.480 e. The first-order valence-electron chi connectivity index (χ1n) is 5.43. The summed E-state index contributed by atoms with van der Waals surface area (Å²) in [6.45, 7) is 0.853. The zero-order valence-electron chi connectivity index (χ0n) is 10.5. The maximum Gasteiger partial charge on any atom is 0.321 e. The van der Waals surface area contributed by atoms with E-state index in [1.165, 1.54) is 23.5 Å². The Balaban J connectivity index is 3.87. The summed E-state index contributed by atoms with van der Waals surface area (Å²) in [7, 11) is 0. The predicted octanol–water partition coefficient (Wildman–Crippen LogP) is -0.202. The Morgan fingerprint density at radius 3 is 1.50 bits per heavy atom. The summed E-state index contributed by atoms with van der Waals surface area (Å²) >= 11 is 2.91. The van der Waals surface area contributed by atoms with Gasteiger partial charge in [0.1, 0.15) is 12.1 Å². The topological polar surface area (TPSA) is 98.7 Å². The molecule has 0 radical (unpaired) electrons. The van der Waals surface area contributed by atoms with E-state index in [0.29, 0.717) is 24.6 Å². The molecule has 0 heterocycles. The second-order valence-corrected chi connectivity index (χ2v) is 5.42. The third-order valence-electron chi connectivity index (χ3n) is 2.17. The molecule has 106 valence electrons. The van der Waals surface area contributed by atoms with Crippen LogP contribution in [0, 0.1) is 0 Å². The lowest BCUT2D eigenvalue weighted by molar-refractivity contribution is -0.140. The molecule has 0 spiro atoms. The van der Waals surface area contributed by atoms with Crippen molar-refractivity contribution in [1.82, 2.24) is 10.6 Å². The highest BCUT2D eigenvalue weighted by atomic mass is 32.2. The Hall–Kier alpha value is -0.440. The van der Waals surface area contributed by atoms with Crippen molar-refractivity contribution in [1.29, 1.82) is 0 Å². The molecule has 0 aromatic heterocycles. The van der Waals surface area contributed by atoms with Gasteiger partial charge >= 0.3 is 11.9 Å². The van der Waals surface area contributed by atoms with Crippen molar-refractivity contribution in [2.24, 2.45) is 0 Å². The number of carboxylic acids is 2. The maximum atomic E-state index is 10.8. The Kier molecular flexibility index (Phi) is 10.2. The molecule has 6 nitrogen and oxygen atoms in total. The molecule has 2 atom stereocenters. The van der Waals surface area contributed by atoms with E-state index < -0.39 is 24.0 Å². The van der Waals surface area contributed by atoms with Crippen LogP contribution in [0.3, 0.4) is 0 Å². The van der Waals surface area contributed by atoms with Crippen LogP contribution in [0.15, 0.2) is 0 Å². The average molecular weight is 296 g/mol. The molecule has 0 fully saturated rings. The monoisotopic (exact) mass is 296 g/mol. The van der Waals surface area contributed by atoms with Crippen LogP contribution in [0.2, 0.25) is 0 Å². The van der Waals surface area contributed by atoms with Gasteiger partial charge in [0.25, 0.3) is 0 Å². The summed E-state index contributed by atoms with van der Waals surface area (Å²) in [5.74, 6) is -0.795. The summed E-state index contributed by atoms with van der Waals surface area (Å²) in [6, 6.07) is -1.18. The molecule has 0 aliphatic carbocycles. The van der Waals surface area contributed by atoms with E-state index in [0.717, 1.165) is 0 Å². The Bertz CT molecular complexity index is 240. The van der Waals surface area contributed by atoms with Crippen LogP contribution < -0.4 is 10.6 Å². The number of rotatable bonds is 11. The van der Waals surface area contributed by atoms with Crippen LogP contribution >= 0.6 is 23.5 Å². The molecular weight excluding hydrogens is 276 g/mol. The molecular formula is C10H20N2O4S2. The molecule has 0 aromatic carbocycles. The minimum atomic E-state index is -0.886. The van der Waals surface area contributed by atoms with Crippen molar-refractivity contribution < 1.29 is 19.8 Å². The quantitative estimate of drug-likeness (QED) is 0.389. The highest BCUT2D eigenvalue weighted by Gasteiger charge is 2.17. The van der Waals surface area contributed by atoms with Gasteiger partial charge in [0.15, 0.2) is 0 Å². The zero-order valence-corrected chi connectivity index (χ0v) is 12.1. The second-order valence-electron chi connectivity index (χ2n) is 3.60. The highest BCUT2D eigenvalue weighted by Crippen LogP contribution is 1.98. The molecule has 18 heavy (non-hydrogen) atoms. The van der Waals surface area contributed by atoms with Gasteiger partial charge in [-0.25, -0.2) is 0 Å². The SMILES string of the molecule is CSCC(NCCNC(CSC)C(=O)O)C(=O)O. The lowest BCUT2D eigenvalue weighted by Gasteiger charge is -2.16. The van der Waals surface area contributed by atoms with Crippen molar-refractivity contribution in [2.45, 2.75) is 12.1 Å². The average Bonchev–Trinajstić information content (AvgIpc) is 2.30. The van der Waals surface area contributed by atoms with E-state index in [4.69, 9.17) is 10.2 Å².